The maximum Gasteiger partial charge on any atom is 0.224 e. The second-order valence-corrected chi connectivity index (χ2v) is 4.13. The molecule has 1 rings (SSSR count). The molecule has 0 saturated heterocycles. The summed E-state index contributed by atoms with van der Waals surface area (Å²) in [6.45, 7) is 4.03. The third kappa shape index (κ3) is 2.09. The standard InChI is InChI=1S/C7H7BrCl2N2/c1-3(2)5-4(8)6(9)12-7(10)11-5/h3H,1-2H3. The lowest BCUT2D eigenvalue weighted by Gasteiger charge is -2.07. The number of aromatic nitrogens is 2. The molecule has 0 bridgehead atoms. The second kappa shape index (κ2) is 3.90. The summed E-state index contributed by atoms with van der Waals surface area (Å²) in [5, 5.41) is 0.547. The first-order chi connectivity index (χ1) is 5.52. The quantitative estimate of drug-likeness (QED) is 0.574. The molecule has 0 aliphatic rings. The summed E-state index contributed by atoms with van der Waals surface area (Å²) in [7, 11) is 0. The maximum atomic E-state index is 5.78. The summed E-state index contributed by atoms with van der Waals surface area (Å²) in [5.41, 5.74) is 0.833. The van der Waals surface area contributed by atoms with Gasteiger partial charge in [0.05, 0.1) is 10.2 Å². The van der Waals surface area contributed by atoms with E-state index in [9.17, 15) is 0 Å². The highest BCUT2D eigenvalue weighted by Gasteiger charge is 2.12. The summed E-state index contributed by atoms with van der Waals surface area (Å²) >= 11 is 14.7. The molecule has 1 heterocycles. The maximum absolute atomic E-state index is 5.78. The van der Waals surface area contributed by atoms with E-state index in [2.05, 4.69) is 25.9 Å². The van der Waals surface area contributed by atoms with E-state index in [4.69, 9.17) is 23.2 Å². The van der Waals surface area contributed by atoms with Gasteiger partial charge in [0.2, 0.25) is 5.28 Å². The predicted molar refractivity (Wildman–Crippen MR) is 53.8 cm³/mol. The first kappa shape index (κ1) is 10.2. The number of nitrogens with zero attached hydrogens (tertiary/aromatic N) is 2. The van der Waals surface area contributed by atoms with Crippen molar-refractivity contribution in [3.05, 3.63) is 20.6 Å². The lowest BCUT2D eigenvalue weighted by Crippen LogP contribution is -1.97. The van der Waals surface area contributed by atoms with Crippen LogP contribution in [0.15, 0.2) is 4.47 Å². The van der Waals surface area contributed by atoms with Crippen LogP contribution in [0.25, 0.3) is 0 Å². The smallest absolute Gasteiger partial charge is 0.221 e. The van der Waals surface area contributed by atoms with Crippen molar-refractivity contribution in [3.8, 4) is 0 Å². The largest absolute Gasteiger partial charge is 0.224 e. The average Bonchev–Trinajstić information content (AvgIpc) is 1.96. The van der Waals surface area contributed by atoms with Crippen LogP contribution in [0.1, 0.15) is 25.5 Å². The minimum Gasteiger partial charge on any atom is -0.221 e. The second-order valence-electron chi connectivity index (χ2n) is 2.64. The average molecular weight is 270 g/mol. The molecule has 0 N–H and O–H groups in total. The van der Waals surface area contributed by atoms with Gasteiger partial charge in [0.25, 0.3) is 0 Å². The summed E-state index contributed by atoms with van der Waals surface area (Å²) < 4.78 is 0.726. The Labute approximate surface area is 89.4 Å². The van der Waals surface area contributed by atoms with Gasteiger partial charge in [-0.15, -0.1) is 0 Å². The molecule has 66 valence electrons. The van der Waals surface area contributed by atoms with Crippen molar-refractivity contribution in [3.63, 3.8) is 0 Å². The van der Waals surface area contributed by atoms with Gasteiger partial charge in [0.1, 0.15) is 5.15 Å². The normalized spacial score (nSPS) is 10.8. The summed E-state index contributed by atoms with van der Waals surface area (Å²) in [6.07, 6.45) is 0. The molecule has 12 heavy (non-hydrogen) atoms. The van der Waals surface area contributed by atoms with Gasteiger partial charge >= 0.3 is 0 Å². The predicted octanol–water partition coefficient (Wildman–Crippen LogP) is 3.67. The Balaban J connectivity index is 3.28. The Hall–Kier alpha value is 0.140. The van der Waals surface area contributed by atoms with Gasteiger partial charge < -0.3 is 0 Å². The zero-order valence-corrected chi connectivity index (χ0v) is 9.70. The summed E-state index contributed by atoms with van der Waals surface area (Å²) in [5.74, 6) is 0.275. The Kier molecular flexibility index (Phi) is 3.32. The molecule has 0 radical (unpaired) electrons. The van der Waals surface area contributed by atoms with Crippen molar-refractivity contribution in [2.75, 3.05) is 0 Å². The van der Waals surface area contributed by atoms with E-state index < -0.39 is 0 Å². The highest BCUT2D eigenvalue weighted by atomic mass is 79.9. The molecule has 0 spiro atoms. The lowest BCUT2D eigenvalue weighted by atomic mass is 10.1. The zero-order chi connectivity index (χ0) is 9.30. The zero-order valence-electron chi connectivity index (χ0n) is 6.61. The van der Waals surface area contributed by atoms with Gasteiger partial charge in [0, 0.05) is 0 Å². The fraction of sp³-hybridized carbons (Fsp3) is 0.429. The van der Waals surface area contributed by atoms with Crippen LogP contribution in [0.4, 0.5) is 0 Å². The molecule has 0 aliphatic carbocycles. The van der Waals surface area contributed by atoms with Crippen molar-refractivity contribution in [2.24, 2.45) is 0 Å². The van der Waals surface area contributed by atoms with E-state index >= 15 is 0 Å². The van der Waals surface area contributed by atoms with E-state index in [0.29, 0.717) is 5.15 Å². The van der Waals surface area contributed by atoms with Crippen LogP contribution in [0.2, 0.25) is 10.4 Å². The van der Waals surface area contributed by atoms with Crippen molar-refractivity contribution in [1.82, 2.24) is 9.97 Å². The van der Waals surface area contributed by atoms with Gasteiger partial charge in [-0.1, -0.05) is 25.4 Å². The fourth-order valence-corrected chi connectivity index (χ4v) is 1.82. The molecular formula is C7H7BrCl2N2. The van der Waals surface area contributed by atoms with Gasteiger partial charge in [0.15, 0.2) is 0 Å². The Bertz CT molecular complexity index is 302. The van der Waals surface area contributed by atoms with E-state index in [1.54, 1.807) is 0 Å². The first-order valence-corrected chi connectivity index (χ1v) is 4.95. The van der Waals surface area contributed by atoms with Crippen LogP contribution in [0.3, 0.4) is 0 Å². The Morgan fingerprint density at radius 2 is 1.83 bits per heavy atom. The highest BCUT2D eigenvalue weighted by molar-refractivity contribution is 9.10. The topological polar surface area (TPSA) is 25.8 Å². The van der Waals surface area contributed by atoms with Crippen LogP contribution in [-0.2, 0) is 0 Å². The van der Waals surface area contributed by atoms with Crippen LogP contribution < -0.4 is 0 Å². The Morgan fingerprint density at radius 1 is 1.25 bits per heavy atom. The fourth-order valence-electron chi connectivity index (χ4n) is 0.792. The molecule has 0 fully saturated rings. The molecule has 0 amide bonds. The third-order valence-electron chi connectivity index (χ3n) is 1.36. The van der Waals surface area contributed by atoms with Crippen molar-refractivity contribution in [1.29, 1.82) is 0 Å². The van der Waals surface area contributed by atoms with E-state index in [1.807, 2.05) is 13.8 Å². The third-order valence-corrected chi connectivity index (χ3v) is 2.81. The molecule has 1 aromatic heterocycles. The molecule has 0 atom stereocenters. The van der Waals surface area contributed by atoms with E-state index in [-0.39, 0.29) is 11.2 Å². The van der Waals surface area contributed by atoms with Crippen LogP contribution in [-0.4, -0.2) is 9.97 Å². The lowest BCUT2D eigenvalue weighted by molar-refractivity contribution is 0.807. The van der Waals surface area contributed by atoms with Crippen LogP contribution in [0.5, 0.6) is 0 Å². The van der Waals surface area contributed by atoms with Crippen molar-refractivity contribution >= 4 is 39.1 Å². The molecular weight excluding hydrogens is 263 g/mol. The van der Waals surface area contributed by atoms with E-state index in [1.165, 1.54) is 0 Å². The van der Waals surface area contributed by atoms with E-state index in [0.717, 1.165) is 10.2 Å². The molecule has 0 aliphatic heterocycles. The minimum atomic E-state index is 0.187. The summed E-state index contributed by atoms with van der Waals surface area (Å²) in [6, 6.07) is 0. The molecule has 5 heteroatoms. The summed E-state index contributed by atoms with van der Waals surface area (Å²) in [4.78, 5) is 7.85. The minimum absolute atomic E-state index is 0.187. The van der Waals surface area contributed by atoms with Crippen molar-refractivity contribution < 1.29 is 0 Å². The van der Waals surface area contributed by atoms with Crippen LogP contribution in [0, 0.1) is 0 Å². The number of hydrogen-bond donors (Lipinski definition) is 0. The first-order valence-electron chi connectivity index (χ1n) is 3.40. The monoisotopic (exact) mass is 268 g/mol. The van der Waals surface area contributed by atoms with Gasteiger partial charge in [-0.25, -0.2) is 9.97 Å². The highest BCUT2D eigenvalue weighted by Crippen LogP contribution is 2.29. The molecule has 0 saturated carbocycles. The molecule has 0 aromatic carbocycles. The van der Waals surface area contributed by atoms with Gasteiger partial charge in [-0.2, -0.15) is 0 Å². The SMILES string of the molecule is CC(C)c1nc(Cl)nc(Cl)c1Br. The van der Waals surface area contributed by atoms with Crippen LogP contribution >= 0.6 is 39.1 Å². The van der Waals surface area contributed by atoms with Gasteiger partial charge in [-0.3, -0.25) is 0 Å². The Morgan fingerprint density at radius 3 is 2.33 bits per heavy atom. The number of hydrogen-bond acceptors (Lipinski definition) is 2. The molecule has 2 nitrogen and oxygen atoms in total. The van der Waals surface area contributed by atoms with Gasteiger partial charge in [-0.05, 0) is 33.4 Å². The molecule has 1 aromatic rings. The van der Waals surface area contributed by atoms with Crippen molar-refractivity contribution in [2.45, 2.75) is 19.8 Å². The molecule has 0 unspecified atom stereocenters. The number of rotatable bonds is 1. The number of halogens is 3.